The summed E-state index contributed by atoms with van der Waals surface area (Å²) in [6, 6.07) is 0. The summed E-state index contributed by atoms with van der Waals surface area (Å²) in [6.07, 6.45) is -0.372. The van der Waals surface area contributed by atoms with Gasteiger partial charge in [-0.05, 0) is 25.0 Å². The largest absolute Gasteiger partial charge is 0.507 e. The zero-order chi connectivity index (χ0) is 21.4. The molecular weight excluding hydrogens is 368 g/mol. The lowest BCUT2D eigenvalue weighted by Gasteiger charge is -2.46. The zero-order valence-electron chi connectivity index (χ0n) is 15.9. The predicted octanol–water partition coefficient (Wildman–Crippen LogP) is 1.11. The Kier molecular flexibility index (Phi) is 5.75. The molecule has 0 amide bonds. The Morgan fingerprint density at radius 1 is 1.29 bits per heavy atom. The van der Waals surface area contributed by atoms with E-state index >= 15 is 0 Å². The van der Waals surface area contributed by atoms with Crippen molar-refractivity contribution >= 4 is 23.5 Å². The van der Waals surface area contributed by atoms with E-state index in [2.05, 4.69) is 17.9 Å². The van der Waals surface area contributed by atoms with Gasteiger partial charge in [0.2, 0.25) is 0 Å². The normalized spacial score (nSPS) is 26.9. The Morgan fingerprint density at radius 3 is 2.43 bits per heavy atom. The number of carbonyl (C=O) groups is 4. The highest BCUT2D eigenvalue weighted by Crippen LogP contribution is 2.52. The number of fused-ring (bicyclic) bond motifs is 1. The minimum Gasteiger partial charge on any atom is -0.507 e. The van der Waals surface area contributed by atoms with Crippen molar-refractivity contribution in [3.63, 3.8) is 0 Å². The molecule has 0 aromatic carbocycles. The van der Waals surface area contributed by atoms with E-state index < -0.39 is 58.9 Å². The van der Waals surface area contributed by atoms with Gasteiger partial charge in [-0.15, -0.1) is 0 Å². The lowest BCUT2D eigenvalue weighted by molar-refractivity contribution is -0.160. The first-order valence-corrected chi connectivity index (χ1v) is 8.52. The molecule has 3 atom stereocenters. The van der Waals surface area contributed by atoms with Gasteiger partial charge in [0.05, 0.1) is 30.4 Å². The highest BCUT2D eigenvalue weighted by Gasteiger charge is 2.62. The van der Waals surface area contributed by atoms with E-state index in [0.29, 0.717) is 0 Å². The monoisotopic (exact) mass is 390 g/mol. The van der Waals surface area contributed by atoms with Crippen LogP contribution in [0.15, 0.2) is 47.3 Å². The summed E-state index contributed by atoms with van der Waals surface area (Å²) < 4.78 is 10.1. The molecule has 0 spiro atoms. The molecule has 2 aliphatic rings. The van der Waals surface area contributed by atoms with Crippen LogP contribution in [0.2, 0.25) is 0 Å². The fourth-order valence-corrected chi connectivity index (χ4v) is 3.56. The van der Waals surface area contributed by atoms with Crippen LogP contribution < -0.4 is 0 Å². The standard InChI is InChI=1S/C20H22O8/c1-9-6-13(22)20(12(4)19(26)27-5)14(28-18(25)11(3)8-21)7-10(2)17(24)15(20)16(9)23/h6,10,14,21,23H,3-4,7-8H2,1-2,5H3/t10-,14-,20-/m0/s1. The number of rotatable bonds is 5. The molecule has 0 aromatic rings. The molecule has 1 saturated carbocycles. The molecule has 8 nitrogen and oxygen atoms in total. The maximum Gasteiger partial charge on any atom is 0.336 e. The molecule has 1 fully saturated rings. The van der Waals surface area contributed by atoms with Gasteiger partial charge in [0.15, 0.2) is 11.6 Å². The summed E-state index contributed by atoms with van der Waals surface area (Å²) in [5.74, 6) is -4.46. The van der Waals surface area contributed by atoms with Crippen LogP contribution in [0.3, 0.4) is 0 Å². The third-order valence-corrected chi connectivity index (χ3v) is 5.12. The maximum atomic E-state index is 13.1. The second-order valence-corrected chi connectivity index (χ2v) is 6.85. The van der Waals surface area contributed by atoms with Gasteiger partial charge in [-0.25, -0.2) is 9.59 Å². The van der Waals surface area contributed by atoms with Crippen LogP contribution in [0.25, 0.3) is 0 Å². The summed E-state index contributed by atoms with van der Waals surface area (Å²) >= 11 is 0. The van der Waals surface area contributed by atoms with Crippen LogP contribution in [-0.4, -0.2) is 53.5 Å². The number of hydrogen-bond acceptors (Lipinski definition) is 8. The quantitative estimate of drug-likeness (QED) is 0.528. The van der Waals surface area contributed by atoms with Crippen molar-refractivity contribution in [1.29, 1.82) is 0 Å². The number of aliphatic hydroxyl groups excluding tert-OH is 2. The predicted molar refractivity (Wildman–Crippen MR) is 96.9 cm³/mol. The molecule has 2 N–H and O–H groups in total. The molecule has 0 aromatic heterocycles. The van der Waals surface area contributed by atoms with Gasteiger partial charge in [0.1, 0.15) is 17.3 Å². The second-order valence-electron chi connectivity index (χ2n) is 6.85. The average molecular weight is 390 g/mol. The lowest BCUT2D eigenvalue weighted by Crippen LogP contribution is -2.57. The molecule has 150 valence electrons. The molecular formula is C20H22O8. The molecule has 0 bridgehead atoms. The van der Waals surface area contributed by atoms with E-state index in [1.165, 1.54) is 6.92 Å². The summed E-state index contributed by atoms with van der Waals surface area (Å²) in [6.45, 7) is 9.32. The Bertz CT molecular complexity index is 859. The smallest absolute Gasteiger partial charge is 0.336 e. The first kappa shape index (κ1) is 21.3. The van der Waals surface area contributed by atoms with E-state index in [0.717, 1.165) is 13.2 Å². The minimum absolute atomic E-state index is 0.102. The van der Waals surface area contributed by atoms with Gasteiger partial charge in [-0.3, -0.25) is 9.59 Å². The Balaban J connectivity index is 2.77. The molecule has 0 radical (unpaired) electrons. The van der Waals surface area contributed by atoms with Gasteiger partial charge in [0.25, 0.3) is 0 Å². The minimum atomic E-state index is -2.12. The number of carbonyl (C=O) groups excluding carboxylic acids is 4. The van der Waals surface area contributed by atoms with Crippen LogP contribution in [0.4, 0.5) is 0 Å². The van der Waals surface area contributed by atoms with Crippen LogP contribution in [0.1, 0.15) is 20.3 Å². The number of aliphatic hydroxyl groups is 2. The van der Waals surface area contributed by atoms with Gasteiger partial charge in [0, 0.05) is 5.92 Å². The van der Waals surface area contributed by atoms with Gasteiger partial charge in [-0.2, -0.15) is 0 Å². The van der Waals surface area contributed by atoms with E-state index in [4.69, 9.17) is 9.84 Å². The van der Waals surface area contributed by atoms with Crippen molar-refractivity contribution in [3.8, 4) is 0 Å². The van der Waals surface area contributed by atoms with Crippen LogP contribution in [-0.2, 0) is 28.7 Å². The number of ether oxygens (including phenoxy) is 2. The number of methoxy groups -OCH3 is 1. The summed E-state index contributed by atoms with van der Waals surface area (Å²) in [5, 5.41) is 19.7. The van der Waals surface area contributed by atoms with Crippen LogP contribution in [0.5, 0.6) is 0 Å². The molecule has 0 saturated heterocycles. The number of allylic oxidation sites excluding steroid dienone is 2. The second kappa shape index (κ2) is 7.55. The van der Waals surface area contributed by atoms with Crippen LogP contribution in [0, 0.1) is 11.3 Å². The SMILES string of the molecule is C=C(CO)C(=O)O[C@H]1C[C@H](C)C(=O)C2=C(O)C(C)=CC(=O)[C@]21C(=C)C(=O)OC. The van der Waals surface area contributed by atoms with E-state index in [-0.39, 0.29) is 23.1 Å². The Hall–Kier alpha value is -3.00. The molecule has 0 aliphatic heterocycles. The average Bonchev–Trinajstić information content (AvgIpc) is 2.66. The molecule has 28 heavy (non-hydrogen) atoms. The van der Waals surface area contributed by atoms with E-state index in [9.17, 15) is 24.3 Å². The highest BCUT2D eigenvalue weighted by atomic mass is 16.5. The van der Waals surface area contributed by atoms with Crippen LogP contribution >= 0.6 is 0 Å². The first-order valence-electron chi connectivity index (χ1n) is 8.52. The summed E-state index contributed by atoms with van der Waals surface area (Å²) in [7, 11) is 1.07. The molecule has 2 aliphatic carbocycles. The van der Waals surface area contributed by atoms with Crippen molar-refractivity contribution in [1.82, 2.24) is 0 Å². The maximum absolute atomic E-state index is 13.1. The first-order chi connectivity index (χ1) is 13.0. The lowest BCUT2D eigenvalue weighted by atomic mass is 9.56. The number of Topliss-reactive ketones (excluding diaryl/α,β-unsaturated/α-hetero) is 1. The van der Waals surface area contributed by atoms with Crippen molar-refractivity contribution in [2.75, 3.05) is 13.7 Å². The topological polar surface area (TPSA) is 127 Å². The van der Waals surface area contributed by atoms with Crippen molar-refractivity contribution in [2.24, 2.45) is 11.3 Å². The van der Waals surface area contributed by atoms with Gasteiger partial charge >= 0.3 is 11.9 Å². The summed E-state index contributed by atoms with van der Waals surface area (Å²) in [4.78, 5) is 50.6. The van der Waals surface area contributed by atoms with Crippen molar-refractivity contribution in [2.45, 2.75) is 26.4 Å². The number of ketones is 2. The van der Waals surface area contributed by atoms with Crippen molar-refractivity contribution in [3.05, 3.63) is 47.3 Å². The number of esters is 2. The third kappa shape index (κ3) is 2.99. The third-order valence-electron chi connectivity index (χ3n) is 5.12. The van der Waals surface area contributed by atoms with Gasteiger partial charge < -0.3 is 19.7 Å². The fourth-order valence-electron chi connectivity index (χ4n) is 3.56. The Labute approximate surface area is 161 Å². The number of hydrogen-bond donors (Lipinski definition) is 2. The molecule has 2 rings (SSSR count). The van der Waals surface area contributed by atoms with Gasteiger partial charge in [-0.1, -0.05) is 20.1 Å². The van der Waals surface area contributed by atoms with Crippen molar-refractivity contribution < 1.29 is 38.9 Å². The zero-order valence-corrected chi connectivity index (χ0v) is 15.9. The fraction of sp³-hybridized carbons (Fsp3) is 0.400. The van der Waals surface area contributed by atoms with E-state index in [1.807, 2.05) is 0 Å². The molecule has 8 heteroatoms. The molecule has 0 heterocycles. The van der Waals surface area contributed by atoms with E-state index in [1.54, 1.807) is 6.92 Å². The Morgan fingerprint density at radius 2 is 1.89 bits per heavy atom. The summed E-state index contributed by atoms with van der Waals surface area (Å²) in [5.41, 5.74) is -3.03. The molecule has 0 unspecified atom stereocenters. The highest BCUT2D eigenvalue weighted by molar-refractivity contribution is 6.18.